The predicted octanol–water partition coefficient (Wildman–Crippen LogP) is 2.33. The van der Waals surface area contributed by atoms with E-state index in [9.17, 15) is 9.18 Å². The molecule has 3 rings (SSSR count). The van der Waals surface area contributed by atoms with E-state index in [1.54, 1.807) is 16.8 Å². The first kappa shape index (κ1) is 13.9. The molecule has 6 heteroatoms. The van der Waals surface area contributed by atoms with Crippen LogP contribution in [0, 0.1) is 0 Å². The molecule has 0 saturated carbocycles. The van der Waals surface area contributed by atoms with Crippen LogP contribution < -0.4 is 5.56 Å². The van der Waals surface area contributed by atoms with Gasteiger partial charge in [0.05, 0.1) is 11.4 Å². The third-order valence-electron chi connectivity index (χ3n) is 3.92. The number of hydrogen-bond donors (Lipinski definition) is 0. The minimum absolute atomic E-state index is 0.138. The molecule has 0 aliphatic carbocycles. The Bertz CT molecular complexity index is 684. The summed E-state index contributed by atoms with van der Waals surface area (Å²) in [4.78, 5) is 24.8. The van der Waals surface area contributed by atoms with E-state index in [2.05, 4.69) is 15.0 Å². The fourth-order valence-corrected chi connectivity index (χ4v) is 2.80. The van der Waals surface area contributed by atoms with Crippen molar-refractivity contribution in [1.29, 1.82) is 0 Å². The van der Waals surface area contributed by atoms with Gasteiger partial charge in [-0.25, -0.2) is 19.3 Å². The lowest BCUT2D eigenvalue weighted by atomic mass is 9.98. The van der Waals surface area contributed by atoms with Crippen molar-refractivity contribution in [3.8, 4) is 11.4 Å². The maximum Gasteiger partial charge on any atom is 0.254 e. The van der Waals surface area contributed by atoms with Gasteiger partial charge in [-0.15, -0.1) is 0 Å². The molecule has 1 aliphatic rings. The Labute approximate surface area is 121 Å². The molecule has 2 aromatic heterocycles. The molecule has 0 bridgehead atoms. The average molecular weight is 288 g/mol. The summed E-state index contributed by atoms with van der Waals surface area (Å²) in [6.45, 7) is 2.14. The fourth-order valence-electron chi connectivity index (χ4n) is 2.80. The van der Waals surface area contributed by atoms with Crippen molar-refractivity contribution < 1.29 is 4.39 Å². The molecule has 110 valence electrons. The number of alkyl halides is 1. The van der Waals surface area contributed by atoms with E-state index in [1.807, 2.05) is 0 Å². The lowest BCUT2D eigenvalue weighted by molar-refractivity contribution is 0.285. The Morgan fingerprint density at radius 1 is 1.38 bits per heavy atom. The van der Waals surface area contributed by atoms with E-state index in [0.717, 1.165) is 19.3 Å². The van der Waals surface area contributed by atoms with Gasteiger partial charge in [0.2, 0.25) is 0 Å². The minimum atomic E-state index is -1.03. The van der Waals surface area contributed by atoms with E-state index in [1.165, 1.54) is 19.3 Å². The van der Waals surface area contributed by atoms with Crippen molar-refractivity contribution in [2.75, 3.05) is 0 Å². The number of aromatic nitrogens is 4. The van der Waals surface area contributed by atoms with Gasteiger partial charge in [-0.05, 0) is 25.8 Å². The van der Waals surface area contributed by atoms with Gasteiger partial charge < -0.3 is 0 Å². The third-order valence-corrected chi connectivity index (χ3v) is 3.92. The van der Waals surface area contributed by atoms with E-state index in [-0.39, 0.29) is 11.5 Å². The zero-order valence-corrected chi connectivity index (χ0v) is 11.9. The standard InChI is InChI=1S/C15H17FN4O/c1-10(16)11-4-2-3-7-20-14(21)8-13(19-15(11)20)12-5-6-17-9-18-12/h5-6,8-11H,2-4,7H2,1H3. The van der Waals surface area contributed by atoms with Crippen LogP contribution in [-0.4, -0.2) is 25.7 Å². The van der Waals surface area contributed by atoms with Crippen LogP contribution in [0.15, 0.2) is 29.5 Å². The van der Waals surface area contributed by atoms with Gasteiger partial charge in [0.15, 0.2) is 0 Å². The Balaban J connectivity index is 2.16. The topological polar surface area (TPSA) is 60.7 Å². The predicted molar refractivity (Wildman–Crippen MR) is 76.7 cm³/mol. The lowest BCUT2D eigenvalue weighted by Crippen LogP contribution is -2.27. The molecule has 0 amide bonds. The summed E-state index contributed by atoms with van der Waals surface area (Å²) in [6.07, 6.45) is 4.49. The first-order chi connectivity index (χ1) is 10.2. The van der Waals surface area contributed by atoms with Crippen molar-refractivity contribution in [1.82, 2.24) is 19.5 Å². The van der Waals surface area contributed by atoms with Crippen molar-refractivity contribution in [2.24, 2.45) is 0 Å². The summed E-state index contributed by atoms with van der Waals surface area (Å²) in [6, 6.07) is 3.17. The van der Waals surface area contributed by atoms with Crippen LogP contribution in [0.3, 0.4) is 0 Å². The lowest BCUT2D eigenvalue weighted by Gasteiger charge is -2.19. The molecular weight excluding hydrogens is 271 g/mol. The largest absolute Gasteiger partial charge is 0.296 e. The second-order valence-corrected chi connectivity index (χ2v) is 5.36. The Kier molecular flexibility index (Phi) is 3.77. The zero-order chi connectivity index (χ0) is 14.8. The van der Waals surface area contributed by atoms with Crippen LogP contribution in [0.4, 0.5) is 4.39 Å². The van der Waals surface area contributed by atoms with Gasteiger partial charge in [0.25, 0.3) is 5.56 Å². The van der Waals surface area contributed by atoms with E-state index in [4.69, 9.17) is 0 Å². The fraction of sp³-hybridized carbons (Fsp3) is 0.467. The van der Waals surface area contributed by atoms with Gasteiger partial charge in [-0.3, -0.25) is 9.36 Å². The molecule has 1 aliphatic heterocycles. The number of rotatable bonds is 2. The van der Waals surface area contributed by atoms with Crippen LogP contribution in [0.25, 0.3) is 11.4 Å². The Hall–Kier alpha value is -2.11. The molecule has 5 nitrogen and oxygen atoms in total. The highest BCUT2D eigenvalue weighted by Crippen LogP contribution is 2.29. The first-order valence-corrected chi connectivity index (χ1v) is 7.19. The molecule has 3 heterocycles. The van der Waals surface area contributed by atoms with E-state index < -0.39 is 6.17 Å². The molecule has 0 radical (unpaired) electrons. The van der Waals surface area contributed by atoms with Crippen molar-refractivity contribution in [2.45, 2.75) is 44.8 Å². The molecule has 0 N–H and O–H groups in total. The van der Waals surface area contributed by atoms with Gasteiger partial charge in [0, 0.05) is 24.7 Å². The SMILES string of the molecule is CC(F)C1CCCCn2c1nc(-c1ccncn1)cc2=O. The van der Waals surface area contributed by atoms with Crippen molar-refractivity contribution in [3.63, 3.8) is 0 Å². The molecule has 2 atom stereocenters. The smallest absolute Gasteiger partial charge is 0.254 e. The maximum absolute atomic E-state index is 13.9. The van der Waals surface area contributed by atoms with Gasteiger partial charge >= 0.3 is 0 Å². The average Bonchev–Trinajstić information content (AvgIpc) is 2.71. The van der Waals surface area contributed by atoms with Crippen LogP contribution in [-0.2, 0) is 6.54 Å². The minimum Gasteiger partial charge on any atom is -0.296 e. The summed E-state index contributed by atoms with van der Waals surface area (Å²) in [5, 5.41) is 0. The van der Waals surface area contributed by atoms with Crippen molar-refractivity contribution in [3.05, 3.63) is 40.8 Å². The molecule has 0 saturated heterocycles. The Morgan fingerprint density at radius 3 is 2.95 bits per heavy atom. The highest BCUT2D eigenvalue weighted by molar-refractivity contribution is 5.52. The number of halogens is 1. The summed E-state index contributed by atoms with van der Waals surface area (Å²) < 4.78 is 15.5. The monoisotopic (exact) mass is 288 g/mol. The molecule has 2 unspecified atom stereocenters. The first-order valence-electron chi connectivity index (χ1n) is 7.19. The van der Waals surface area contributed by atoms with Gasteiger partial charge in [-0.1, -0.05) is 6.42 Å². The summed E-state index contributed by atoms with van der Waals surface area (Å²) in [7, 11) is 0. The summed E-state index contributed by atoms with van der Waals surface area (Å²) >= 11 is 0. The molecule has 0 spiro atoms. The highest BCUT2D eigenvalue weighted by Gasteiger charge is 2.27. The van der Waals surface area contributed by atoms with Gasteiger partial charge in [0.1, 0.15) is 18.3 Å². The Morgan fingerprint density at radius 2 is 2.24 bits per heavy atom. The molecule has 0 aromatic carbocycles. The van der Waals surface area contributed by atoms with Crippen LogP contribution >= 0.6 is 0 Å². The number of fused-ring (bicyclic) bond motifs is 1. The molecular formula is C15H17FN4O. The number of nitrogens with zero attached hydrogens (tertiary/aromatic N) is 4. The maximum atomic E-state index is 13.9. The molecule has 0 fully saturated rings. The van der Waals surface area contributed by atoms with Gasteiger partial charge in [-0.2, -0.15) is 0 Å². The molecule has 2 aromatic rings. The second-order valence-electron chi connectivity index (χ2n) is 5.36. The summed E-state index contributed by atoms with van der Waals surface area (Å²) in [5.74, 6) is 0.214. The zero-order valence-electron chi connectivity index (χ0n) is 11.9. The third kappa shape index (κ3) is 2.70. The summed E-state index contributed by atoms with van der Waals surface area (Å²) in [5.41, 5.74) is 0.933. The quantitative estimate of drug-likeness (QED) is 0.851. The number of hydrogen-bond acceptors (Lipinski definition) is 4. The highest BCUT2D eigenvalue weighted by atomic mass is 19.1. The van der Waals surface area contributed by atoms with E-state index >= 15 is 0 Å². The van der Waals surface area contributed by atoms with Crippen LogP contribution in [0.5, 0.6) is 0 Å². The van der Waals surface area contributed by atoms with Crippen LogP contribution in [0.1, 0.15) is 37.9 Å². The van der Waals surface area contributed by atoms with Crippen LogP contribution in [0.2, 0.25) is 0 Å². The normalized spacial score (nSPS) is 19.6. The van der Waals surface area contributed by atoms with Crippen molar-refractivity contribution >= 4 is 0 Å². The van der Waals surface area contributed by atoms with E-state index in [0.29, 0.717) is 23.8 Å². The second kappa shape index (κ2) is 5.71. The molecule has 21 heavy (non-hydrogen) atoms.